The predicted molar refractivity (Wildman–Crippen MR) is 85.0 cm³/mol. The molecule has 2 rings (SSSR count). The van der Waals surface area contributed by atoms with Gasteiger partial charge in [0.05, 0.1) is 14.2 Å². The van der Waals surface area contributed by atoms with Crippen LogP contribution < -0.4 is 20.3 Å². The lowest BCUT2D eigenvalue weighted by Crippen LogP contribution is -2.28. The number of benzene rings is 1. The Kier molecular flexibility index (Phi) is 5.74. The number of amides is 1. The number of hydrogen-bond donors (Lipinski definition) is 1. The van der Waals surface area contributed by atoms with Crippen molar-refractivity contribution in [3.63, 3.8) is 0 Å². The number of hydrogen-bond acceptors (Lipinski definition) is 5. The molecule has 1 amide bonds. The number of carbonyl (C=O) groups is 1. The van der Waals surface area contributed by atoms with Crippen LogP contribution in [-0.2, 0) is 6.54 Å². The molecule has 0 radical (unpaired) electrons. The van der Waals surface area contributed by atoms with Crippen LogP contribution in [-0.4, -0.2) is 36.5 Å². The maximum absolute atomic E-state index is 12.3. The second-order valence-corrected chi connectivity index (χ2v) is 4.73. The molecule has 2 aromatic rings. The molecule has 23 heavy (non-hydrogen) atoms. The molecule has 0 saturated carbocycles. The molecule has 0 atom stereocenters. The normalized spacial score (nSPS) is 10.2. The largest absolute Gasteiger partial charge is 0.496 e. The summed E-state index contributed by atoms with van der Waals surface area (Å²) in [6.07, 6.45) is 2.14. The minimum absolute atomic E-state index is 0.162. The van der Waals surface area contributed by atoms with Crippen LogP contribution in [0.2, 0.25) is 0 Å². The van der Waals surface area contributed by atoms with Crippen molar-refractivity contribution in [1.82, 2.24) is 15.1 Å². The van der Waals surface area contributed by atoms with Gasteiger partial charge in [-0.15, -0.1) is 0 Å². The highest BCUT2D eigenvalue weighted by Crippen LogP contribution is 2.27. The number of methoxy groups -OCH3 is 2. The Morgan fingerprint density at radius 1 is 1.17 bits per heavy atom. The summed E-state index contributed by atoms with van der Waals surface area (Å²) in [5.41, 5.74) is 0.192. The zero-order valence-electron chi connectivity index (χ0n) is 13.1. The van der Waals surface area contributed by atoms with Crippen molar-refractivity contribution < 1.29 is 14.3 Å². The van der Waals surface area contributed by atoms with Gasteiger partial charge < -0.3 is 14.8 Å². The van der Waals surface area contributed by atoms with E-state index in [4.69, 9.17) is 9.47 Å². The SMILES string of the molecule is COc1cccc(OC)c1C(=O)NCCCn1ncccc1=O. The van der Waals surface area contributed by atoms with Crippen molar-refractivity contribution in [2.24, 2.45) is 0 Å². The van der Waals surface area contributed by atoms with E-state index in [0.717, 1.165) is 0 Å². The van der Waals surface area contributed by atoms with E-state index in [1.165, 1.54) is 25.0 Å². The van der Waals surface area contributed by atoms with Gasteiger partial charge in [-0.25, -0.2) is 4.68 Å². The third-order valence-corrected chi connectivity index (χ3v) is 3.27. The van der Waals surface area contributed by atoms with E-state index >= 15 is 0 Å². The molecule has 7 nitrogen and oxygen atoms in total. The van der Waals surface area contributed by atoms with Crippen LogP contribution in [0.15, 0.2) is 41.3 Å². The summed E-state index contributed by atoms with van der Waals surface area (Å²) in [4.78, 5) is 23.8. The summed E-state index contributed by atoms with van der Waals surface area (Å²) in [6.45, 7) is 0.839. The summed E-state index contributed by atoms with van der Waals surface area (Å²) in [5.74, 6) is 0.609. The first-order valence-electron chi connectivity index (χ1n) is 7.18. The molecule has 0 saturated heterocycles. The third kappa shape index (κ3) is 4.09. The Morgan fingerprint density at radius 3 is 2.48 bits per heavy atom. The number of aryl methyl sites for hydroxylation is 1. The summed E-state index contributed by atoms with van der Waals surface area (Å²) in [6, 6.07) is 8.19. The molecule has 0 aliphatic carbocycles. The van der Waals surface area contributed by atoms with Gasteiger partial charge in [0.15, 0.2) is 0 Å². The molecule has 122 valence electrons. The minimum Gasteiger partial charge on any atom is -0.496 e. The molecule has 7 heteroatoms. The summed E-state index contributed by atoms with van der Waals surface area (Å²) >= 11 is 0. The van der Waals surface area contributed by atoms with Gasteiger partial charge in [-0.05, 0) is 24.6 Å². The van der Waals surface area contributed by atoms with E-state index in [0.29, 0.717) is 36.6 Å². The van der Waals surface area contributed by atoms with Crippen LogP contribution in [0, 0.1) is 0 Å². The van der Waals surface area contributed by atoms with E-state index in [9.17, 15) is 9.59 Å². The fourth-order valence-electron chi connectivity index (χ4n) is 2.15. The standard InChI is InChI=1S/C16H19N3O4/c1-22-12-6-3-7-13(23-2)15(12)16(21)17-9-5-11-19-14(20)8-4-10-18-19/h3-4,6-8,10H,5,9,11H2,1-2H3,(H,17,21). The van der Waals surface area contributed by atoms with Crippen molar-refractivity contribution in [3.05, 3.63) is 52.4 Å². The molecule has 0 spiro atoms. The second-order valence-electron chi connectivity index (χ2n) is 4.73. The van der Waals surface area contributed by atoms with E-state index in [2.05, 4.69) is 10.4 Å². The van der Waals surface area contributed by atoms with Crippen LogP contribution in [0.3, 0.4) is 0 Å². The van der Waals surface area contributed by atoms with Gasteiger partial charge in [0.25, 0.3) is 11.5 Å². The first-order valence-corrected chi connectivity index (χ1v) is 7.18. The lowest BCUT2D eigenvalue weighted by atomic mass is 10.1. The Hall–Kier alpha value is -2.83. The van der Waals surface area contributed by atoms with Crippen molar-refractivity contribution in [2.75, 3.05) is 20.8 Å². The fourth-order valence-corrected chi connectivity index (χ4v) is 2.15. The maximum atomic E-state index is 12.3. The first-order chi connectivity index (χ1) is 11.2. The van der Waals surface area contributed by atoms with Gasteiger partial charge in [-0.3, -0.25) is 9.59 Å². The van der Waals surface area contributed by atoms with Gasteiger partial charge in [-0.1, -0.05) is 6.07 Å². The molecular formula is C16H19N3O4. The van der Waals surface area contributed by atoms with Gasteiger partial charge in [0.1, 0.15) is 17.1 Å². The zero-order chi connectivity index (χ0) is 16.7. The van der Waals surface area contributed by atoms with E-state index < -0.39 is 0 Å². The van der Waals surface area contributed by atoms with Crippen LogP contribution in [0.25, 0.3) is 0 Å². The molecule has 1 heterocycles. The van der Waals surface area contributed by atoms with Crippen molar-refractivity contribution in [2.45, 2.75) is 13.0 Å². The molecular weight excluding hydrogens is 298 g/mol. The second kappa shape index (κ2) is 7.98. The smallest absolute Gasteiger partial charge is 0.266 e. The number of aromatic nitrogens is 2. The first kappa shape index (κ1) is 16.5. The molecule has 0 unspecified atom stereocenters. The predicted octanol–water partition coefficient (Wildman–Crippen LogP) is 1.08. The summed E-state index contributed by atoms with van der Waals surface area (Å²) < 4.78 is 11.8. The summed E-state index contributed by atoms with van der Waals surface area (Å²) in [7, 11) is 3.00. The fraction of sp³-hybridized carbons (Fsp3) is 0.312. The highest BCUT2D eigenvalue weighted by atomic mass is 16.5. The Labute approximate surface area is 133 Å². The van der Waals surface area contributed by atoms with E-state index in [1.807, 2.05) is 0 Å². The average Bonchev–Trinajstić information content (AvgIpc) is 2.59. The van der Waals surface area contributed by atoms with Gasteiger partial charge in [0, 0.05) is 25.4 Å². The molecule has 0 bridgehead atoms. The molecule has 1 aromatic heterocycles. The van der Waals surface area contributed by atoms with Crippen LogP contribution in [0.4, 0.5) is 0 Å². The van der Waals surface area contributed by atoms with Gasteiger partial charge in [-0.2, -0.15) is 5.10 Å². The molecule has 1 N–H and O–H groups in total. The number of nitrogens with one attached hydrogen (secondary N) is 1. The van der Waals surface area contributed by atoms with Gasteiger partial charge >= 0.3 is 0 Å². The number of nitrogens with zero attached hydrogens (tertiary/aromatic N) is 2. The van der Waals surface area contributed by atoms with Crippen molar-refractivity contribution >= 4 is 5.91 Å². The zero-order valence-corrected chi connectivity index (χ0v) is 13.1. The average molecular weight is 317 g/mol. The lowest BCUT2D eigenvalue weighted by Gasteiger charge is -2.13. The Balaban J connectivity index is 1.95. The number of ether oxygens (including phenoxy) is 2. The Bertz CT molecular complexity index is 705. The third-order valence-electron chi connectivity index (χ3n) is 3.27. The topological polar surface area (TPSA) is 82.4 Å². The summed E-state index contributed by atoms with van der Waals surface area (Å²) in [5, 5.41) is 6.76. The minimum atomic E-state index is -0.285. The van der Waals surface area contributed by atoms with Crippen molar-refractivity contribution in [1.29, 1.82) is 0 Å². The molecule has 0 aliphatic rings. The molecule has 0 fully saturated rings. The maximum Gasteiger partial charge on any atom is 0.266 e. The monoisotopic (exact) mass is 317 g/mol. The highest BCUT2D eigenvalue weighted by Gasteiger charge is 2.17. The highest BCUT2D eigenvalue weighted by molar-refractivity contribution is 5.99. The van der Waals surface area contributed by atoms with Crippen LogP contribution >= 0.6 is 0 Å². The van der Waals surface area contributed by atoms with Crippen molar-refractivity contribution in [3.8, 4) is 11.5 Å². The molecule has 1 aromatic carbocycles. The lowest BCUT2D eigenvalue weighted by molar-refractivity contribution is 0.0946. The molecule has 0 aliphatic heterocycles. The Morgan fingerprint density at radius 2 is 1.87 bits per heavy atom. The quantitative estimate of drug-likeness (QED) is 0.773. The van der Waals surface area contributed by atoms with Gasteiger partial charge in [0.2, 0.25) is 0 Å². The number of rotatable bonds is 7. The van der Waals surface area contributed by atoms with E-state index in [1.54, 1.807) is 30.5 Å². The number of carbonyl (C=O) groups excluding carboxylic acids is 1. The van der Waals surface area contributed by atoms with Crippen LogP contribution in [0.1, 0.15) is 16.8 Å². The van der Waals surface area contributed by atoms with E-state index in [-0.39, 0.29) is 11.5 Å². The van der Waals surface area contributed by atoms with Crippen LogP contribution in [0.5, 0.6) is 11.5 Å².